The predicted octanol–water partition coefficient (Wildman–Crippen LogP) is 3.77. The van der Waals surface area contributed by atoms with Crippen LogP contribution in [0.2, 0.25) is 0 Å². The van der Waals surface area contributed by atoms with E-state index in [0.29, 0.717) is 18.2 Å². The maximum Gasteiger partial charge on any atom is 0.0608 e. The zero-order valence-electron chi connectivity index (χ0n) is 15.8. The molecule has 2 saturated heterocycles. The molecule has 2 heterocycles. The molecule has 2 aliphatic heterocycles. The van der Waals surface area contributed by atoms with E-state index < -0.39 is 0 Å². The van der Waals surface area contributed by atoms with Gasteiger partial charge in [-0.1, -0.05) is 13.8 Å². The largest absolute Gasteiger partial charge is 0.375 e. The molecular weight excluding hydrogens is 284 g/mol. The minimum Gasteiger partial charge on any atom is -0.375 e. The summed E-state index contributed by atoms with van der Waals surface area (Å²) in [6.07, 6.45) is 8.95. The van der Waals surface area contributed by atoms with E-state index in [1.807, 2.05) is 0 Å². The molecule has 0 radical (unpaired) electrons. The van der Waals surface area contributed by atoms with Crippen LogP contribution in [-0.4, -0.2) is 60.3 Å². The zero-order chi connectivity index (χ0) is 16.4. The van der Waals surface area contributed by atoms with Gasteiger partial charge in [-0.3, -0.25) is 0 Å². The van der Waals surface area contributed by atoms with Crippen LogP contribution in [0.1, 0.15) is 66.2 Å². The lowest BCUT2D eigenvalue weighted by Crippen LogP contribution is -2.52. The summed E-state index contributed by atoms with van der Waals surface area (Å²) < 4.78 is 6.38. The lowest BCUT2D eigenvalue weighted by molar-refractivity contribution is -0.108. The number of rotatable bonds is 5. The fourth-order valence-electron chi connectivity index (χ4n) is 4.70. The number of nitrogens with zero attached hydrogens (tertiary/aromatic N) is 2. The Morgan fingerprint density at radius 1 is 0.783 bits per heavy atom. The van der Waals surface area contributed by atoms with Crippen LogP contribution in [0, 0.1) is 11.8 Å². The Balaban J connectivity index is 1.31. The van der Waals surface area contributed by atoms with Crippen molar-refractivity contribution in [2.75, 3.05) is 26.2 Å². The first-order valence-electron chi connectivity index (χ1n) is 10.2. The van der Waals surface area contributed by atoms with Crippen LogP contribution in [0.3, 0.4) is 0 Å². The normalized spacial score (nSPS) is 32.6. The smallest absolute Gasteiger partial charge is 0.0608 e. The molecule has 0 aromatic rings. The van der Waals surface area contributed by atoms with Crippen LogP contribution in [0.4, 0.5) is 0 Å². The summed E-state index contributed by atoms with van der Waals surface area (Å²) in [5.41, 5.74) is 0. The van der Waals surface area contributed by atoms with Gasteiger partial charge in [-0.05, 0) is 77.3 Å². The first-order chi connectivity index (χ1) is 11.0. The lowest BCUT2D eigenvalue weighted by atomic mass is 9.82. The molecule has 0 amide bonds. The molecule has 0 aromatic heterocycles. The van der Waals surface area contributed by atoms with Crippen LogP contribution >= 0.6 is 0 Å². The minimum absolute atomic E-state index is 0.530. The minimum atomic E-state index is 0.530. The monoisotopic (exact) mass is 322 g/mol. The van der Waals surface area contributed by atoms with E-state index in [2.05, 4.69) is 37.5 Å². The third-order valence-corrected chi connectivity index (χ3v) is 6.70. The maximum atomic E-state index is 6.38. The molecule has 0 spiro atoms. The van der Waals surface area contributed by atoms with Crippen LogP contribution in [0.5, 0.6) is 0 Å². The number of piperidine rings is 2. The Bertz CT molecular complexity index is 349. The van der Waals surface area contributed by atoms with Gasteiger partial charge in [0.2, 0.25) is 0 Å². The molecule has 3 nitrogen and oxygen atoms in total. The maximum absolute atomic E-state index is 6.38. The van der Waals surface area contributed by atoms with E-state index in [1.165, 1.54) is 64.7 Å². The Morgan fingerprint density at radius 2 is 1.39 bits per heavy atom. The van der Waals surface area contributed by atoms with Gasteiger partial charge in [0.25, 0.3) is 0 Å². The molecule has 3 rings (SSSR count). The summed E-state index contributed by atoms with van der Waals surface area (Å²) in [6.45, 7) is 14.5. The summed E-state index contributed by atoms with van der Waals surface area (Å²) in [6, 6.07) is 1.52. The van der Waals surface area contributed by atoms with E-state index in [-0.39, 0.29) is 0 Å². The van der Waals surface area contributed by atoms with Crippen LogP contribution in [0.25, 0.3) is 0 Å². The molecule has 3 fully saturated rings. The van der Waals surface area contributed by atoms with Crippen molar-refractivity contribution in [2.45, 2.75) is 90.5 Å². The second kappa shape index (κ2) is 7.84. The van der Waals surface area contributed by atoms with Crippen LogP contribution < -0.4 is 0 Å². The molecule has 1 saturated carbocycles. The van der Waals surface area contributed by atoms with Crippen molar-refractivity contribution in [1.82, 2.24) is 9.80 Å². The predicted molar refractivity (Wildman–Crippen MR) is 96.8 cm³/mol. The molecule has 0 aromatic carbocycles. The van der Waals surface area contributed by atoms with E-state index in [4.69, 9.17) is 4.74 Å². The molecule has 0 bridgehead atoms. The molecule has 0 atom stereocenters. The standard InChI is InChI=1S/C20H38N2O/c1-15(2)17-5-9-22(10-6-17)18-13-20(14-18)23-19-7-11-21(12-8-19)16(3)4/h15-20H,5-14H2,1-4H3. The van der Waals surface area contributed by atoms with Gasteiger partial charge in [0.15, 0.2) is 0 Å². The van der Waals surface area contributed by atoms with Gasteiger partial charge in [-0.2, -0.15) is 0 Å². The van der Waals surface area contributed by atoms with Gasteiger partial charge < -0.3 is 14.5 Å². The summed E-state index contributed by atoms with van der Waals surface area (Å²) >= 11 is 0. The average Bonchev–Trinajstić information content (AvgIpc) is 2.51. The number of likely N-dealkylation sites (tertiary alicyclic amines) is 2. The topological polar surface area (TPSA) is 15.7 Å². The molecule has 0 unspecified atom stereocenters. The van der Waals surface area contributed by atoms with Gasteiger partial charge in [0, 0.05) is 25.2 Å². The first kappa shape index (κ1) is 17.7. The van der Waals surface area contributed by atoms with E-state index in [9.17, 15) is 0 Å². The zero-order valence-corrected chi connectivity index (χ0v) is 15.8. The molecule has 1 aliphatic carbocycles. The Hall–Kier alpha value is -0.120. The summed E-state index contributed by atoms with van der Waals surface area (Å²) in [7, 11) is 0. The quantitative estimate of drug-likeness (QED) is 0.766. The summed E-state index contributed by atoms with van der Waals surface area (Å²) in [5.74, 6) is 1.83. The van der Waals surface area contributed by atoms with Crippen molar-refractivity contribution in [2.24, 2.45) is 11.8 Å². The third kappa shape index (κ3) is 4.49. The number of hydrogen-bond acceptors (Lipinski definition) is 3. The van der Waals surface area contributed by atoms with Gasteiger partial charge >= 0.3 is 0 Å². The molecule has 134 valence electrons. The summed E-state index contributed by atoms with van der Waals surface area (Å²) in [5, 5.41) is 0. The van der Waals surface area contributed by atoms with Gasteiger partial charge in [0.05, 0.1) is 12.2 Å². The highest BCUT2D eigenvalue weighted by atomic mass is 16.5. The van der Waals surface area contributed by atoms with Crippen molar-refractivity contribution in [1.29, 1.82) is 0 Å². The van der Waals surface area contributed by atoms with E-state index in [0.717, 1.165) is 17.9 Å². The third-order valence-electron chi connectivity index (χ3n) is 6.70. The first-order valence-corrected chi connectivity index (χ1v) is 10.2. The molecule has 23 heavy (non-hydrogen) atoms. The molecular formula is C20H38N2O. The lowest BCUT2D eigenvalue weighted by Gasteiger charge is -2.47. The highest BCUT2D eigenvalue weighted by molar-refractivity contribution is 4.91. The second-order valence-corrected chi connectivity index (χ2v) is 8.83. The Kier molecular flexibility index (Phi) is 6.03. The Labute approximate surface area is 143 Å². The van der Waals surface area contributed by atoms with Gasteiger partial charge in [0.1, 0.15) is 0 Å². The number of hydrogen-bond donors (Lipinski definition) is 0. The fraction of sp³-hybridized carbons (Fsp3) is 1.00. The summed E-state index contributed by atoms with van der Waals surface area (Å²) in [4.78, 5) is 5.34. The van der Waals surface area contributed by atoms with Crippen molar-refractivity contribution in [3.63, 3.8) is 0 Å². The van der Waals surface area contributed by atoms with E-state index in [1.54, 1.807) is 0 Å². The van der Waals surface area contributed by atoms with Crippen molar-refractivity contribution >= 4 is 0 Å². The highest BCUT2D eigenvalue weighted by Gasteiger charge is 2.37. The van der Waals surface area contributed by atoms with Crippen LogP contribution in [0.15, 0.2) is 0 Å². The Morgan fingerprint density at radius 3 is 1.91 bits per heavy atom. The van der Waals surface area contributed by atoms with E-state index >= 15 is 0 Å². The average molecular weight is 323 g/mol. The SMILES string of the molecule is CC(C)C1CCN(C2CC(OC3CCN(C(C)C)CC3)C2)CC1. The molecule has 0 N–H and O–H groups in total. The molecule has 3 aliphatic rings. The molecule has 3 heteroatoms. The van der Waals surface area contributed by atoms with Gasteiger partial charge in [-0.15, -0.1) is 0 Å². The van der Waals surface area contributed by atoms with Crippen molar-refractivity contribution < 1.29 is 4.74 Å². The number of ether oxygens (including phenoxy) is 1. The van der Waals surface area contributed by atoms with Gasteiger partial charge in [-0.25, -0.2) is 0 Å². The highest BCUT2D eigenvalue weighted by Crippen LogP contribution is 2.34. The van der Waals surface area contributed by atoms with Crippen LogP contribution in [-0.2, 0) is 4.74 Å². The fourth-order valence-corrected chi connectivity index (χ4v) is 4.70. The second-order valence-electron chi connectivity index (χ2n) is 8.83. The van der Waals surface area contributed by atoms with Crippen molar-refractivity contribution in [3.05, 3.63) is 0 Å². The van der Waals surface area contributed by atoms with Crippen molar-refractivity contribution in [3.8, 4) is 0 Å².